The zero-order valence-corrected chi connectivity index (χ0v) is 16.0. The smallest absolute Gasteiger partial charge is 0.0637 e. The number of rotatable bonds is 18. The lowest BCUT2D eigenvalue weighted by molar-refractivity contribution is 0.349. The van der Waals surface area contributed by atoms with E-state index >= 15 is 0 Å². The summed E-state index contributed by atoms with van der Waals surface area (Å²) in [6.45, 7) is 8.64. The van der Waals surface area contributed by atoms with Gasteiger partial charge in [-0.15, -0.1) is 0 Å². The van der Waals surface area contributed by atoms with E-state index in [9.17, 15) is 0 Å². The van der Waals surface area contributed by atoms with Crippen molar-refractivity contribution in [2.45, 2.75) is 96.6 Å². The fourth-order valence-electron chi connectivity index (χ4n) is 2.96. The van der Waals surface area contributed by atoms with Crippen LogP contribution in [0.1, 0.15) is 90.9 Å². The summed E-state index contributed by atoms with van der Waals surface area (Å²) in [5, 5.41) is 6.70. The Morgan fingerprint density at radius 1 is 0.565 bits per heavy atom. The van der Waals surface area contributed by atoms with Crippen LogP contribution in [-0.2, 0) is 0 Å². The van der Waals surface area contributed by atoms with Crippen molar-refractivity contribution in [2.24, 2.45) is 11.5 Å². The maximum Gasteiger partial charge on any atom is 0.0637 e. The van der Waals surface area contributed by atoms with Gasteiger partial charge in [0, 0.05) is 0 Å². The number of nitrogens with two attached hydrogens (primary N) is 2. The molecule has 6 N–H and O–H groups in total. The van der Waals surface area contributed by atoms with E-state index < -0.39 is 5.66 Å². The van der Waals surface area contributed by atoms with Crippen molar-refractivity contribution in [2.75, 3.05) is 26.2 Å². The van der Waals surface area contributed by atoms with Crippen LogP contribution in [0.25, 0.3) is 0 Å². The first-order chi connectivity index (χ1) is 11.1. The SMILES string of the molecule is CCNCCCCCCCCCCCC(N)(N)CCCNCC. The van der Waals surface area contributed by atoms with E-state index in [2.05, 4.69) is 24.5 Å². The zero-order chi connectivity index (χ0) is 17.2. The summed E-state index contributed by atoms with van der Waals surface area (Å²) in [5.41, 5.74) is 11.9. The Morgan fingerprint density at radius 2 is 0.957 bits per heavy atom. The van der Waals surface area contributed by atoms with Gasteiger partial charge in [0.15, 0.2) is 0 Å². The Hall–Kier alpha value is -0.160. The maximum absolute atomic E-state index is 6.17. The number of nitrogens with one attached hydrogen (secondary N) is 2. The monoisotopic (exact) mass is 328 g/mol. The summed E-state index contributed by atoms with van der Waals surface area (Å²) >= 11 is 0. The van der Waals surface area contributed by atoms with Gasteiger partial charge in [-0.25, -0.2) is 0 Å². The molecule has 0 heterocycles. The molecule has 0 unspecified atom stereocenters. The highest BCUT2D eigenvalue weighted by Gasteiger charge is 2.17. The van der Waals surface area contributed by atoms with Crippen LogP contribution in [0.15, 0.2) is 0 Å². The van der Waals surface area contributed by atoms with Gasteiger partial charge < -0.3 is 22.1 Å². The molecule has 0 rings (SSSR count). The van der Waals surface area contributed by atoms with Gasteiger partial charge in [-0.1, -0.05) is 65.2 Å². The quantitative estimate of drug-likeness (QED) is 0.229. The average Bonchev–Trinajstić information content (AvgIpc) is 2.52. The summed E-state index contributed by atoms with van der Waals surface area (Å²) in [6.07, 6.45) is 15.0. The first-order valence-corrected chi connectivity index (χ1v) is 10.1. The molecule has 0 atom stereocenters. The van der Waals surface area contributed by atoms with Crippen molar-refractivity contribution >= 4 is 0 Å². The number of unbranched alkanes of at least 4 members (excludes halogenated alkanes) is 8. The molecule has 4 heteroatoms. The Balaban J connectivity index is 3.25. The predicted octanol–water partition coefficient (Wildman–Crippen LogP) is 3.50. The molecule has 0 radical (unpaired) electrons. The van der Waals surface area contributed by atoms with Gasteiger partial charge in [0.2, 0.25) is 0 Å². The van der Waals surface area contributed by atoms with Gasteiger partial charge in [0.05, 0.1) is 5.66 Å². The summed E-state index contributed by atoms with van der Waals surface area (Å²) < 4.78 is 0. The molecule has 0 aromatic rings. The molecule has 0 amide bonds. The first kappa shape index (κ1) is 22.8. The van der Waals surface area contributed by atoms with Crippen LogP contribution >= 0.6 is 0 Å². The first-order valence-electron chi connectivity index (χ1n) is 10.1. The topological polar surface area (TPSA) is 76.1 Å². The molecule has 0 aliphatic rings. The Kier molecular flexibility index (Phi) is 16.6. The van der Waals surface area contributed by atoms with Crippen LogP contribution in [-0.4, -0.2) is 31.8 Å². The van der Waals surface area contributed by atoms with E-state index in [1.807, 2.05) is 0 Å². The highest BCUT2D eigenvalue weighted by Crippen LogP contribution is 2.15. The Labute approximate surface area is 145 Å². The molecule has 0 aliphatic carbocycles. The van der Waals surface area contributed by atoms with Crippen molar-refractivity contribution in [1.29, 1.82) is 0 Å². The molecule has 0 fully saturated rings. The standard InChI is InChI=1S/C19H44N4/c1-3-22-17-13-11-9-7-5-6-8-10-12-15-19(20,21)16-14-18-23-4-2/h22-23H,3-18,20-21H2,1-2H3. The molecule has 0 aromatic heterocycles. The lowest BCUT2D eigenvalue weighted by Crippen LogP contribution is -2.49. The predicted molar refractivity (Wildman–Crippen MR) is 104 cm³/mol. The molecule has 4 nitrogen and oxygen atoms in total. The van der Waals surface area contributed by atoms with Crippen molar-refractivity contribution in [3.63, 3.8) is 0 Å². The van der Waals surface area contributed by atoms with E-state index in [4.69, 9.17) is 11.5 Å². The van der Waals surface area contributed by atoms with E-state index in [1.54, 1.807) is 0 Å². The summed E-state index contributed by atoms with van der Waals surface area (Å²) in [5.74, 6) is 0. The highest BCUT2D eigenvalue weighted by molar-refractivity contribution is 4.76. The molecule has 0 aliphatic heterocycles. The van der Waals surface area contributed by atoms with Crippen molar-refractivity contribution in [1.82, 2.24) is 10.6 Å². The van der Waals surface area contributed by atoms with Gasteiger partial charge >= 0.3 is 0 Å². The third kappa shape index (κ3) is 18.0. The van der Waals surface area contributed by atoms with Crippen LogP contribution in [0.3, 0.4) is 0 Å². The van der Waals surface area contributed by atoms with Gasteiger partial charge in [0.1, 0.15) is 0 Å². The summed E-state index contributed by atoms with van der Waals surface area (Å²) in [7, 11) is 0. The van der Waals surface area contributed by atoms with Gasteiger partial charge in [-0.05, 0) is 51.9 Å². The van der Waals surface area contributed by atoms with Crippen molar-refractivity contribution in [3.8, 4) is 0 Å². The van der Waals surface area contributed by atoms with Crippen molar-refractivity contribution in [3.05, 3.63) is 0 Å². The number of hydrogen-bond donors (Lipinski definition) is 4. The molecule has 140 valence electrons. The Bertz CT molecular complexity index is 231. The Morgan fingerprint density at radius 3 is 1.48 bits per heavy atom. The van der Waals surface area contributed by atoms with E-state index in [0.29, 0.717) is 0 Å². The fraction of sp³-hybridized carbons (Fsp3) is 1.00. The zero-order valence-electron chi connectivity index (χ0n) is 16.0. The summed E-state index contributed by atoms with van der Waals surface area (Å²) in [6, 6.07) is 0. The summed E-state index contributed by atoms with van der Waals surface area (Å²) in [4.78, 5) is 0. The van der Waals surface area contributed by atoms with E-state index in [1.165, 1.54) is 64.3 Å². The second-order valence-electron chi connectivity index (χ2n) is 6.98. The van der Waals surface area contributed by atoms with Crippen LogP contribution in [0.5, 0.6) is 0 Å². The molecule has 0 saturated carbocycles. The largest absolute Gasteiger partial charge is 0.317 e. The minimum atomic E-state index is -0.456. The average molecular weight is 329 g/mol. The number of hydrogen-bond acceptors (Lipinski definition) is 4. The minimum absolute atomic E-state index is 0.456. The molecular weight excluding hydrogens is 284 g/mol. The molecule has 0 saturated heterocycles. The van der Waals surface area contributed by atoms with Crippen LogP contribution in [0, 0.1) is 0 Å². The van der Waals surface area contributed by atoms with Gasteiger partial charge in [-0.3, -0.25) is 0 Å². The lowest BCUT2D eigenvalue weighted by atomic mass is 9.97. The van der Waals surface area contributed by atoms with Crippen LogP contribution in [0.2, 0.25) is 0 Å². The van der Waals surface area contributed by atoms with Crippen LogP contribution < -0.4 is 22.1 Å². The lowest BCUT2D eigenvalue weighted by Gasteiger charge is -2.24. The molecule has 0 bridgehead atoms. The second-order valence-corrected chi connectivity index (χ2v) is 6.98. The normalized spacial score (nSPS) is 12.0. The molecule has 0 spiro atoms. The third-order valence-corrected chi connectivity index (χ3v) is 4.49. The third-order valence-electron chi connectivity index (χ3n) is 4.49. The van der Waals surface area contributed by atoms with Gasteiger partial charge in [-0.2, -0.15) is 0 Å². The van der Waals surface area contributed by atoms with E-state index in [-0.39, 0.29) is 0 Å². The van der Waals surface area contributed by atoms with Crippen molar-refractivity contribution < 1.29 is 0 Å². The molecule has 0 aromatic carbocycles. The fourth-order valence-corrected chi connectivity index (χ4v) is 2.96. The maximum atomic E-state index is 6.17. The van der Waals surface area contributed by atoms with Crippen LogP contribution in [0.4, 0.5) is 0 Å². The van der Waals surface area contributed by atoms with E-state index in [0.717, 1.165) is 38.9 Å². The minimum Gasteiger partial charge on any atom is -0.317 e. The molecule has 23 heavy (non-hydrogen) atoms. The molecular formula is C19H44N4. The highest BCUT2D eigenvalue weighted by atomic mass is 14.9. The van der Waals surface area contributed by atoms with Gasteiger partial charge in [0.25, 0.3) is 0 Å². The second kappa shape index (κ2) is 16.7.